The zero-order chi connectivity index (χ0) is 10.8. The fourth-order valence-corrected chi connectivity index (χ4v) is 2.91. The van der Waals surface area contributed by atoms with E-state index in [4.69, 9.17) is 5.73 Å². The van der Waals surface area contributed by atoms with Crippen LogP contribution in [-0.2, 0) is 0 Å². The maximum Gasteiger partial charge on any atom is 0.0503 e. The van der Waals surface area contributed by atoms with E-state index < -0.39 is 0 Å². The SMILES string of the molecule is CC1CCN(c2ccc(N)cc2I)CC1. The Labute approximate surface area is 105 Å². The normalized spacial score (nSPS) is 18.1. The lowest BCUT2D eigenvalue weighted by atomic mass is 9.99. The van der Waals surface area contributed by atoms with Gasteiger partial charge in [-0.3, -0.25) is 0 Å². The molecule has 0 atom stereocenters. The minimum atomic E-state index is 0.855. The summed E-state index contributed by atoms with van der Waals surface area (Å²) in [6, 6.07) is 6.19. The summed E-state index contributed by atoms with van der Waals surface area (Å²) < 4.78 is 1.27. The summed E-state index contributed by atoms with van der Waals surface area (Å²) in [5.41, 5.74) is 7.96. The van der Waals surface area contributed by atoms with E-state index in [1.807, 2.05) is 12.1 Å². The van der Waals surface area contributed by atoms with Crippen LogP contribution in [0.15, 0.2) is 18.2 Å². The molecule has 2 rings (SSSR count). The van der Waals surface area contributed by atoms with Gasteiger partial charge in [0.25, 0.3) is 0 Å². The molecule has 1 aromatic carbocycles. The molecule has 1 aliphatic heterocycles. The molecule has 0 saturated carbocycles. The fourth-order valence-electron chi connectivity index (χ4n) is 2.03. The molecule has 0 radical (unpaired) electrons. The van der Waals surface area contributed by atoms with E-state index in [9.17, 15) is 0 Å². The third-order valence-electron chi connectivity index (χ3n) is 3.10. The van der Waals surface area contributed by atoms with Crippen molar-refractivity contribution in [2.75, 3.05) is 23.7 Å². The molecule has 1 aliphatic rings. The molecule has 0 unspecified atom stereocenters. The van der Waals surface area contributed by atoms with Gasteiger partial charge in [-0.1, -0.05) is 6.92 Å². The van der Waals surface area contributed by atoms with Crippen LogP contribution in [0.2, 0.25) is 0 Å². The molecular formula is C12H17IN2. The lowest BCUT2D eigenvalue weighted by Gasteiger charge is -2.32. The second-order valence-corrected chi connectivity index (χ2v) is 5.54. The van der Waals surface area contributed by atoms with Crippen molar-refractivity contribution in [1.82, 2.24) is 0 Å². The van der Waals surface area contributed by atoms with Crippen molar-refractivity contribution in [3.05, 3.63) is 21.8 Å². The molecule has 2 nitrogen and oxygen atoms in total. The van der Waals surface area contributed by atoms with Crippen molar-refractivity contribution in [1.29, 1.82) is 0 Å². The van der Waals surface area contributed by atoms with Crippen LogP contribution in [-0.4, -0.2) is 13.1 Å². The second-order valence-electron chi connectivity index (χ2n) is 4.38. The summed E-state index contributed by atoms with van der Waals surface area (Å²) in [5.74, 6) is 0.882. The van der Waals surface area contributed by atoms with E-state index in [0.29, 0.717) is 0 Å². The highest BCUT2D eigenvalue weighted by Crippen LogP contribution is 2.28. The first-order chi connectivity index (χ1) is 7.16. The van der Waals surface area contributed by atoms with Crippen LogP contribution >= 0.6 is 22.6 Å². The maximum atomic E-state index is 5.76. The number of nitrogens with two attached hydrogens (primary N) is 1. The summed E-state index contributed by atoms with van der Waals surface area (Å²) in [7, 11) is 0. The molecule has 82 valence electrons. The third kappa shape index (κ3) is 2.56. The fraction of sp³-hybridized carbons (Fsp3) is 0.500. The highest BCUT2D eigenvalue weighted by Gasteiger charge is 2.17. The molecule has 1 heterocycles. The molecule has 0 aromatic heterocycles. The first-order valence-corrected chi connectivity index (χ1v) is 6.54. The van der Waals surface area contributed by atoms with Gasteiger partial charge in [0, 0.05) is 22.3 Å². The Morgan fingerprint density at radius 1 is 1.33 bits per heavy atom. The van der Waals surface area contributed by atoms with Gasteiger partial charge in [0.15, 0.2) is 0 Å². The van der Waals surface area contributed by atoms with Crippen LogP contribution in [0.3, 0.4) is 0 Å². The highest BCUT2D eigenvalue weighted by atomic mass is 127. The van der Waals surface area contributed by atoms with E-state index in [-0.39, 0.29) is 0 Å². The van der Waals surface area contributed by atoms with Crippen LogP contribution in [0.1, 0.15) is 19.8 Å². The van der Waals surface area contributed by atoms with Gasteiger partial charge < -0.3 is 10.6 Å². The van der Waals surface area contributed by atoms with Crippen LogP contribution in [0.4, 0.5) is 11.4 Å². The number of anilines is 2. The van der Waals surface area contributed by atoms with Gasteiger partial charge in [0.05, 0.1) is 5.69 Å². The van der Waals surface area contributed by atoms with Crippen LogP contribution in [0.25, 0.3) is 0 Å². The smallest absolute Gasteiger partial charge is 0.0503 e. The van der Waals surface area contributed by atoms with Crippen LogP contribution in [0.5, 0.6) is 0 Å². The van der Waals surface area contributed by atoms with Crippen molar-refractivity contribution in [2.45, 2.75) is 19.8 Å². The number of nitrogen functional groups attached to an aromatic ring is 1. The molecule has 1 aromatic rings. The average Bonchev–Trinajstić information content (AvgIpc) is 2.20. The Morgan fingerprint density at radius 3 is 2.60 bits per heavy atom. The van der Waals surface area contributed by atoms with Gasteiger partial charge in [-0.25, -0.2) is 0 Å². The molecule has 3 heteroatoms. The zero-order valence-electron chi connectivity index (χ0n) is 9.04. The summed E-state index contributed by atoms with van der Waals surface area (Å²) in [5, 5.41) is 0. The van der Waals surface area contributed by atoms with Crippen LogP contribution in [0, 0.1) is 9.49 Å². The number of halogens is 1. The monoisotopic (exact) mass is 316 g/mol. The number of nitrogens with zero attached hydrogens (tertiary/aromatic N) is 1. The lowest BCUT2D eigenvalue weighted by Crippen LogP contribution is -2.33. The molecular weight excluding hydrogens is 299 g/mol. The first kappa shape index (κ1) is 11.0. The first-order valence-electron chi connectivity index (χ1n) is 5.47. The van der Waals surface area contributed by atoms with E-state index >= 15 is 0 Å². The Kier molecular flexibility index (Phi) is 3.38. The van der Waals surface area contributed by atoms with Gasteiger partial charge in [0.1, 0.15) is 0 Å². The molecule has 0 aliphatic carbocycles. The maximum absolute atomic E-state index is 5.76. The highest BCUT2D eigenvalue weighted by molar-refractivity contribution is 14.1. The number of hydrogen-bond donors (Lipinski definition) is 1. The van der Waals surface area contributed by atoms with E-state index in [1.54, 1.807) is 0 Å². The Bertz CT molecular complexity index is 343. The molecule has 0 bridgehead atoms. The zero-order valence-corrected chi connectivity index (χ0v) is 11.2. The van der Waals surface area contributed by atoms with Gasteiger partial charge in [0.2, 0.25) is 0 Å². The van der Waals surface area contributed by atoms with E-state index in [2.05, 4.69) is 40.5 Å². The minimum absolute atomic E-state index is 0.855. The molecule has 0 spiro atoms. The lowest BCUT2D eigenvalue weighted by molar-refractivity contribution is 0.438. The standard InChI is InChI=1S/C12H17IN2/c1-9-4-6-15(7-5-9)12-3-2-10(14)8-11(12)13/h2-3,8-9H,4-7,14H2,1H3. The second kappa shape index (κ2) is 4.60. The molecule has 1 fully saturated rings. The summed E-state index contributed by atoms with van der Waals surface area (Å²) >= 11 is 2.37. The predicted molar refractivity (Wildman–Crippen MR) is 74.2 cm³/mol. The van der Waals surface area contributed by atoms with Crippen molar-refractivity contribution in [3.8, 4) is 0 Å². The quantitative estimate of drug-likeness (QED) is 0.637. The van der Waals surface area contributed by atoms with Crippen molar-refractivity contribution in [2.24, 2.45) is 5.92 Å². The van der Waals surface area contributed by atoms with Crippen LogP contribution < -0.4 is 10.6 Å². The molecule has 0 amide bonds. The summed E-state index contributed by atoms with van der Waals surface area (Å²) in [6.07, 6.45) is 2.61. The molecule has 15 heavy (non-hydrogen) atoms. The third-order valence-corrected chi connectivity index (χ3v) is 3.96. The molecule has 1 saturated heterocycles. The van der Waals surface area contributed by atoms with Gasteiger partial charge >= 0.3 is 0 Å². The van der Waals surface area contributed by atoms with Crippen molar-refractivity contribution < 1.29 is 0 Å². The van der Waals surface area contributed by atoms with Gasteiger partial charge in [-0.05, 0) is 59.5 Å². The Hall–Kier alpha value is -0.450. The number of rotatable bonds is 1. The van der Waals surface area contributed by atoms with Crippen molar-refractivity contribution in [3.63, 3.8) is 0 Å². The average molecular weight is 316 g/mol. The van der Waals surface area contributed by atoms with E-state index in [0.717, 1.165) is 11.6 Å². The predicted octanol–water partition coefficient (Wildman–Crippen LogP) is 3.11. The van der Waals surface area contributed by atoms with Crippen molar-refractivity contribution >= 4 is 34.0 Å². The van der Waals surface area contributed by atoms with E-state index in [1.165, 1.54) is 35.2 Å². The number of piperidine rings is 1. The number of benzene rings is 1. The Morgan fingerprint density at radius 2 is 2.00 bits per heavy atom. The van der Waals surface area contributed by atoms with Gasteiger partial charge in [-0.15, -0.1) is 0 Å². The van der Waals surface area contributed by atoms with Gasteiger partial charge in [-0.2, -0.15) is 0 Å². The minimum Gasteiger partial charge on any atom is -0.399 e. The molecule has 2 N–H and O–H groups in total. The Balaban J connectivity index is 2.15. The largest absolute Gasteiger partial charge is 0.399 e. The summed E-state index contributed by atoms with van der Waals surface area (Å²) in [6.45, 7) is 4.70. The summed E-state index contributed by atoms with van der Waals surface area (Å²) in [4.78, 5) is 2.47. The number of hydrogen-bond acceptors (Lipinski definition) is 2. The topological polar surface area (TPSA) is 29.3 Å².